The largest absolute Gasteiger partial charge is 0.464 e. The zero-order valence-corrected chi connectivity index (χ0v) is 12.1. The molecule has 0 fully saturated rings. The summed E-state index contributed by atoms with van der Waals surface area (Å²) >= 11 is 0. The number of carbonyl (C=O) groups is 2. The van der Waals surface area contributed by atoms with Crippen LogP contribution in [0, 0.1) is 0 Å². The van der Waals surface area contributed by atoms with Crippen LogP contribution in [0.2, 0.25) is 0 Å². The molecular weight excluding hydrogens is 282 g/mol. The maximum absolute atomic E-state index is 11.9. The Labute approximate surface area is 126 Å². The van der Waals surface area contributed by atoms with E-state index < -0.39 is 5.97 Å². The second kappa shape index (κ2) is 5.89. The van der Waals surface area contributed by atoms with Gasteiger partial charge in [0.05, 0.1) is 12.7 Å². The SMILES string of the molecule is CNC(=O)COC(=O)Cc1coc2ccc3ccccc3c12. The predicted octanol–water partition coefficient (Wildman–Crippen LogP) is 2.42. The minimum atomic E-state index is -0.459. The molecule has 112 valence electrons. The van der Waals surface area contributed by atoms with E-state index in [1.54, 1.807) is 6.26 Å². The maximum atomic E-state index is 11.9. The number of esters is 1. The number of hydrogen-bond acceptors (Lipinski definition) is 4. The summed E-state index contributed by atoms with van der Waals surface area (Å²) in [6.45, 7) is -0.272. The number of fused-ring (bicyclic) bond motifs is 3. The Kier molecular flexibility index (Phi) is 3.78. The van der Waals surface area contributed by atoms with Gasteiger partial charge in [-0.15, -0.1) is 0 Å². The first-order valence-corrected chi connectivity index (χ1v) is 6.93. The lowest BCUT2D eigenvalue weighted by Crippen LogP contribution is -2.25. The molecule has 3 aromatic rings. The van der Waals surface area contributed by atoms with Crippen molar-refractivity contribution in [1.82, 2.24) is 5.32 Å². The summed E-state index contributed by atoms with van der Waals surface area (Å²) in [4.78, 5) is 23.0. The van der Waals surface area contributed by atoms with E-state index in [0.717, 1.165) is 27.3 Å². The number of likely N-dealkylation sites (N-methyl/N-ethyl adjacent to an activating group) is 1. The smallest absolute Gasteiger partial charge is 0.310 e. The van der Waals surface area contributed by atoms with Crippen LogP contribution in [0.4, 0.5) is 0 Å². The topological polar surface area (TPSA) is 68.5 Å². The van der Waals surface area contributed by atoms with Gasteiger partial charge in [-0.05, 0) is 16.8 Å². The average molecular weight is 297 g/mol. The maximum Gasteiger partial charge on any atom is 0.310 e. The minimum Gasteiger partial charge on any atom is -0.464 e. The Balaban J connectivity index is 1.89. The predicted molar refractivity (Wildman–Crippen MR) is 82.4 cm³/mol. The molecule has 1 heterocycles. The fourth-order valence-electron chi connectivity index (χ4n) is 2.43. The van der Waals surface area contributed by atoms with Crippen LogP contribution in [0.15, 0.2) is 47.1 Å². The molecule has 0 aliphatic heterocycles. The summed E-state index contributed by atoms with van der Waals surface area (Å²) in [6.07, 6.45) is 1.64. The quantitative estimate of drug-likeness (QED) is 0.751. The normalized spacial score (nSPS) is 10.8. The molecular formula is C17H15NO4. The van der Waals surface area contributed by atoms with Gasteiger partial charge < -0.3 is 14.5 Å². The second-order valence-electron chi connectivity index (χ2n) is 4.93. The fourth-order valence-corrected chi connectivity index (χ4v) is 2.43. The molecule has 2 aromatic carbocycles. The lowest BCUT2D eigenvalue weighted by atomic mass is 10.0. The van der Waals surface area contributed by atoms with E-state index in [9.17, 15) is 9.59 Å². The highest BCUT2D eigenvalue weighted by atomic mass is 16.5. The monoisotopic (exact) mass is 297 g/mol. The van der Waals surface area contributed by atoms with Crippen LogP contribution in [0.5, 0.6) is 0 Å². The van der Waals surface area contributed by atoms with Crippen LogP contribution in [-0.4, -0.2) is 25.5 Å². The van der Waals surface area contributed by atoms with Crippen LogP contribution in [-0.2, 0) is 20.7 Å². The van der Waals surface area contributed by atoms with Crippen LogP contribution in [0.3, 0.4) is 0 Å². The Morgan fingerprint density at radius 1 is 1.18 bits per heavy atom. The molecule has 5 heteroatoms. The van der Waals surface area contributed by atoms with Gasteiger partial charge in [0, 0.05) is 18.0 Å². The van der Waals surface area contributed by atoms with Crippen molar-refractivity contribution in [1.29, 1.82) is 0 Å². The van der Waals surface area contributed by atoms with Gasteiger partial charge in [0.15, 0.2) is 6.61 Å². The highest BCUT2D eigenvalue weighted by molar-refractivity contribution is 6.08. The zero-order chi connectivity index (χ0) is 15.5. The molecule has 0 unspecified atom stereocenters. The summed E-state index contributed by atoms with van der Waals surface area (Å²) in [7, 11) is 1.49. The van der Waals surface area contributed by atoms with E-state index in [0.29, 0.717) is 0 Å². The Morgan fingerprint density at radius 2 is 2.00 bits per heavy atom. The molecule has 1 aromatic heterocycles. The van der Waals surface area contributed by atoms with Crippen LogP contribution in [0.25, 0.3) is 21.7 Å². The van der Waals surface area contributed by atoms with Crippen molar-refractivity contribution >= 4 is 33.6 Å². The summed E-state index contributed by atoms with van der Waals surface area (Å²) in [5, 5.41) is 5.42. The van der Waals surface area contributed by atoms with Gasteiger partial charge in [-0.1, -0.05) is 30.3 Å². The molecule has 1 amide bonds. The fraction of sp³-hybridized carbons (Fsp3) is 0.176. The van der Waals surface area contributed by atoms with Crippen molar-refractivity contribution in [3.8, 4) is 0 Å². The van der Waals surface area contributed by atoms with E-state index in [1.807, 2.05) is 36.4 Å². The van der Waals surface area contributed by atoms with E-state index in [-0.39, 0.29) is 18.9 Å². The molecule has 0 saturated carbocycles. The first kappa shape index (κ1) is 14.1. The lowest BCUT2D eigenvalue weighted by molar-refractivity contribution is -0.147. The van der Waals surface area contributed by atoms with Gasteiger partial charge in [-0.2, -0.15) is 0 Å². The lowest BCUT2D eigenvalue weighted by Gasteiger charge is -2.04. The van der Waals surface area contributed by atoms with Gasteiger partial charge in [0.25, 0.3) is 5.91 Å². The highest BCUT2D eigenvalue weighted by Gasteiger charge is 2.14. The summed E-state index contributed by atoms with van der Waals surface area (Å²) in [5.74, 6) is -0.796. The molecule has 0 atom stereocenters. The van der Waals surface area contributed by atoms with Gasteiger partial charge >= 0.3 is 5.97 Å². The second-order valence-corrected chi connectivity index (χ2v) is 4.93. The molecule has 0 bridgehead atoms. The van der Waals surface area contributed by atoms with Crippen LogP contribution >= 0.6 is 0 Å². The third-order valence-electron chi connectivity index (χ3n) is 3.52. The first-order valence-electron chi connectivity index (χ1n) is 6.93. The third-order valence-corrected chi connectivity index (χ3v) is 3.52. The molecule has 0 aliphatic carbocycles. The molecule has 1 N–H and O–H groups in total. The van der Waals surface area contributed by atoms with E-state index >= 15 is 0 Å². The highest BCUT2D eigenvalue weighted by Crippen LogP contribution is 2.30. The Morgan fingerprint density at radius 3 is 2.82 bits per heavy atom. The number of ether oxygens (including phenoxy) is 1. The standard InChI is InChI=1S/C17H15NO4/c1-18-15(19)10-22-16(20)8-12-9-21-14-7-6-11-4-2-3-5-13(11)17(12)14/h2-7,9H,8,10H2,1H3,(H,18,19). The van der Waals surface area contributed by atoms with Crippen molar-refractivity contribution in [2.24, 2.45) is 0 Å². The van der Waals surface area contributed by atoms with Crippen molar-refractivity contribution in [3.05, 3.63) is 48.2 Å². The molecule has 0 saturated heterocycles. The zero-order valence-electron chi connectivity index (χ0n) is 12.1. The van der Waals surface area contributed by atoms with Gasteiger partial charge in [-0.25, -0.2) is 0 Å². The van der Waals surface area contributed by atoms with Crippen molar-refractivity contribution < 1.29 is 18.7 Å². The average Bonchev–Trinajstić information content (AvgIpc) is 2.96. The van der Waals surface area contributed by atoms with E-state index in [1.165, 1.54) is 7.05 Å². The Hall–Kier alpha value is -2.82. The van der Waals surface area contributed by atoms with Crippen molar-refractivity contribution in [3.63, 3.8) is 0 Å². The first-order chi connectivity index (χ1) is 10.7. The molecule has 3 rings (SSSR count). The number of rotatable bonds is 4. The molecule has 5 nitrogen and oxygen atoms in total. The summed E-state index contributed by atoms with van der Waals surface area (Å²) in [6, 6.07) is 11.8. The molecule has 0 aliphatic rings. The van der Waals surface area contributed by atoms with Gasteiger partial charge in [0.2, 0.25) is 0 Å². The van der Waals surface area contributed by atoms with E-state index in [2.05, 4.69) is 5.32 Å². The molecule has 0 spiro atoms. The number of benzene rings is 2. The minimum absolute atomic E-state index is 0.0675. The van der Waals surface area contributed by atoms with Gasteiger partial charge in [-0.3, -0.25) is 9.59 Å². The summed E-state index contributed by atoms with van der Waals surface area (Å²) < 4.78 is 10.5. The van der Waals surface area contributed by atoms with Crippen LogP contribution < -0.4 is 5.32 Å². The number of carbonyl (C=O) groups excluding carboxylic acids is 2. The number of furan rings is 1. The number of hydrogen-bond donors (Lipinski definition) is 1. The molecule has 0 radical (unpaired) electrons. The number of nitrogens with one attached hydrogen (secondary N) is 1. The summed E-state index contributed by atoms with van der Waals surface area (Å²) in [5.41, 5.74) is 1.49. The van der Waals surface area contributed by atoms with Crippen molar-refractivity contribution in [2.45, 2.75) is 6.42 Å². The van der Waals surface area contributed by atoms with Crippen LogP contribution in [0.1, 0.15) is 5.56 Å². The van der Waals surface area contributed by atoms with E-state index in [4.69, 9.17) is 9.15 Å². The third kappa shape index (κ3) is 2.65. The Bertz CT molecular complexity index is 850. The molecule has 22 heavy (non-hydrogen) atoms. The number of amides is 1. The van der Waals surface area contributed by atoms with Crippen molar-refractivity contribution in [2.75, 3.05) is 13.7 Å². The van der Waals surface area contributed by atoms with Gasteiger partial charge in [0.1, 0.15) is 5.58 Å².